The first-order valence-corrected chi connectivity index (χ1v) is 6.88. The molecule has 20 heavy (non-hydrogen) atoms. The highest BCUT2D eigenvalue weighted by atomic mass is 16.2. The van der Waals surface area contributed by atoms with Crippen molar-refractivity contribution < 1.29 is 4.79 Å². The van der Waals surface area contributed by atoms with Crippen molar-refractivity contribution in [3.63, 3.8) is 0 Å². The molecule has 4 rings (SSSR count). The highest BCUT2D eigenvalue weighted by Gasteiger charge is 2.37. The van der Waals surface area contributed by atoms with Crippen LogP contribution in [0.4, 0.5) is 17.2 Å². The molecule has 0 N–H and O–H groups in total. The van der Waals surface area contributed by atoms with Crippen molar-refractivity contribution in [3.8, 4) is 0 Å². The van der Waals surface area contributed by atoms with E-state index in [0.29, 0.717) is 11.6 Å². The molecule has 1 saturated carbocycles. The third kappa shape index (κ3) is 1.54. The monoisotopic (exact) mass is 265 g/mol. The van der Waals surface area contributed by atoms with E-state index in [1.807, 2.05) is 37.4 Å². The van der Waals surface area contributed by atoms with Gasteiger partial charge in [0.25, 0.3) is 5.91 Å². The number of carbonyl (C=O) groups excluding carboxylic acids is 1. The first-order chi connectivity index (χ1) is 9.77. The summed E-state index contributed by atoms with van der Waals surface area (Å²) in [6.45, 7) is 0. The molecule has 2 aromatic rings. The molecule has 1 aliphatic heterocycles. The van der Waals surface area contributed by atoms with Crippen molar-refractivity contribution in [1.82, 2.24) is 4.98 Å². The van der Waals surface area contributed by atoms with Gasteiger partial charge in [-0.2, -0.15) is 0 Å². The lowest BCUT2D eigenvalue weighted by molar-refractivity contribution is 0.0994. The standard InChI is InChI=1S/C16H15N3O/c1-18-13-6-2-3-7-14(13)19(11-8-9-11)15-12(16(18)20)5-4-10-17-15/h2-7,10-11H,8-9H2,1H3. The Kier molecular flexibility index (Phi) is 2.33. The fourth-order valence-electron chi connectivity index (χ4n) is 2.81. The van der Waals surface area contributed by atoms with Gasteiger partial charge in [0.2, 0.25) is 0 Å². The summed E-state index contributed by atoms with van der Waals surface area (Å²) in [5.74, 6) is 0.792. The number of hydrogen-bond acceptors (Lipinski definition) is 3. The van der Waals surface area contributed by atoms with E-state index in [1.165, 1.54) is 0 Å². The summed E-state index contributed by atoms with van der Waals surface area (Å²) in [6, 6.07) is 12.2. The minimum atomic E-state index is 0.00343. The Labute approximate surface area is 117 Å². The number of para-hydroxylation sites is 2. The summed E-state index contributed by atoms with van der Waals surface area (Å²) in [4.78, 5) is 21.1. The normalized spacial score (nSPS) is 17.6. The van der Waals surface area contributed by atoms with Crippen LogP contribution in [0.25, 0.3) is 0 Å². The molecule has 1 fully saturated rings. The van der Waals surface area contributed by atoms with Gasteiger partial charge in [-0.25, -0.2) is 4.98 Å². The maximum absolute atomic E-state index is 12.6. The van der Waals surface area contributed by atoms with E-state index < -0.39 is 0 Å². The summed E-state index contributed by atoms with van der Waals surface area (Å²) in [5.41, 5.74) is 2.70. The van der Waals surface area contributed by atoms with Crippen LogP contribution >= 0.6 is 0 Å². The van der Waals surface area contributed by atoms with Crippen LogP contribution in [0.1, 0.15) is 23.2 Å². The van der Waals surface area contributed by atoms with Crippen molar-refractivity contribution in [1.29, 1.82) is 0 Å². The number of benzene rings is 1. The number of hydrogen-bond donors (Lipinski definition) is 0. The highest BCUT2D eigenvalue weighted by Crippen LogP contribution is 2.45. The fourth-order valence-corrected chi connectivity index (χ4v) is 2.81. The van der Waals surface area contributed by atoms with E-state index >= 15 is 0 Å². The fraction of sp³-hybridized carbons (Fsp3) is 0.250. The lowest BCUT2D eigenvalue weighted by Crippen LogP contribution is -2.25. The second kappa shape index (κ2) is 4.07. The van der Waals surface area contributed by atoms with Gasteiger partial charge in [-0.15, -0.1) is 0 Å². The Morgan fingerprint density at radius 3 is 2.60 bits per heavy atom. The van der Waals surface area contributed by atoms with E-state index in [1.54, 1.807) is 11.1 Å². The number of pyridine rings is 1. The predicted molar refractivity (Wildman–Crippen MR) is 78.6 cm³/mol. The molecule has 0 bridgehead atoms. The summed E-state index contributed by atoms with van der Waals surface area (Å²) in [5, 5.41) is 0. The maximum atomic E-state index is 12.6. The minimum absolute atomic E-state index is 0.00343. The molecule has 1 aliphatic carbocycles. The van der Waals surface area contributed by atoms with Crippen molar-refractivity contribution >= 4 is 23.1 Å². The first kappa shape index (κ1) is 11.5. The van der Waals surface area contributed by atoms with E-state index in [9.17, 15) is 4.79 Å². The lowest BCUT2D eigenvalue weighted by atomic mass is 10.2. The Morgan fingerprint density at radius 1 is 1.10 bits per heavy atom. The zero-order chi connectivity index (χ0) is 13.7. The van der Waals surface area contributed by atoms with Crippen molar-refractivity contribution in [2.45, 2.75) is 18.9 Å². The van der Waals surface area contributed by atoms with Crippen molar-refractivity contribution in [2.24, 2.45) is 0 Å². The van der Waals surface area contributed by atoms with Gasteiger partial charge in [0.05, 0.1) is 16.9 Å². The predicted octanol–water partition coefficient (Wildman–Crippen LogP) is 2.97. The highest BCUT2D eigenvalue weighted by molar-refractivity contribution is 6.13. The third-order valence-corrected chi connectivity index (χ3v) is 3.96. The SMILES string of the molecule is CN1C(=O)c2cccnc2N(C2CC2)c2ccccc21. The molecule has 1 aromatic heterocycles. The van der Waals surface area contributed by atoms with E-state index in [2.05, 4.69) is 16.0 Å². The van der Waals surface area contributed by atoms with Crippen LogP contribution < -0.4 is 9.80 Å². The minimum Gasteiger partial charge on any atom is -0.321 e. The molecule has 4 heteroatoms. The van der Waals surface area contributed by atoms with Crippen LogP contribution in [0, 0.1) is 0 Å². The second-order valence-electron chi connectivity index (χ2n) is 5.33. The summed E-state index contributed by atoms with van der Waals surface area (Å²) in [7, 11) is 1.83. The van der Waals surface area contributed by atoms with Crippen LogP contribution in [0.3, 0.4) is 0 Å². The quantitative estimate of drug-likeness (QED) is 0.795. The Hall–Kier alpha value is -2.36. The lowest BCUT2D eigenvalue weighted by Gasteiger charge is -2.25. The van der Waals surface area contributed by atoms with Gasteiger partial charge in [-0.05, 0) is 37.1 Å². The van der Waals surface area contributed by atoms with E-state index in [0.717, 1.165) is 30.0 Å². The number of fused-ring (bicyclic) bond motifs is 2. The van der Waals surface area contributed by atoms with Crippen LogP contribution in [0.5, 0.6) is 0 Å². The largest absolute Gasteiger partial charge is 0.321 e. The van der Waals surface area contributed by atoms with Crippen LogP contribution in [0.15, 0.2) is 42.6 Å². The van der Waals surface area contributed by atoms with Crippen LogP contribution in [-0.2, 0) is 0 Å². The molecule has 0 spiro atoms. The summed E-state index contributed by atoms with van der Waals surface area (Å²) < 4.78 is 0. The molecular formula is C16H15N3O. The Balaban J connectivity index is 2.02. The van der Waals surface area contributed by atoms with Gasteiger partial charge in [0, 0.05) is 19.3 Å². The molecule has 2 heterocycles. The maximum Gasteiger partial charge on any atom is 0.261 e. The van der Waals surface area contributed by atoms with Gasteiger partial charge >= 0.3 is 0 Å². The first-order valence-electron chi connectivity index (χ1n) is 6.88. The van der Waals surface area contributed by atoms with Crippen LogP contribution in [-0.4, -0.2) is 24.0 Å². The Bertz CT molecular complexity index is 694. The number of nitrogens with zero attached hydrogens (tertiary/aromatic N) is 3. The Morgan fingerprint density at radius 2 is 1.85 bits per heavy atom. The number of carbonyl (C=O) groups is 1. The van der Waals surface area contributed by atoms with E-state index in [4.69, 9.17) is 0 Å². The molecule has 1 amide bonds. The molecule has 2 aliphatic rings. The smallest absolute Gasteiger partial charge is 0.261 e. The molecular weight excluding hydrogens is 250 g/mol. The second-order valence-corrected chi connectivity index (χ2v) is 5.33. The van der Waals surface area contributed by atoms with Crippen molar-refractivity contribution in [2.75, 3.05) is 16.8 Å². The summed E-state index contributed by atoms with van der Waals surface area (Å²) >= 11 is 0. The molecule has 0 saturated heterocycles. The molecule has 1 aromatic carbocycles. The van der Waals surface area contributed by atoms with Gasteiger partial charge in [-0.3, -0.25) is 4.79 Å². The molecule has 100 valence electrons. The number of anilines is 3. The third-order valence-electron chi connectivity index (χ3n) is 3.96. The average molecular weight is 265 g/mol. The number of aromatic nitrogens is 1. The van der Waals surface area contributed by atoms with Gasteiger partial charge in [0.15, 0.2) is 0 Å². The van der Waals surface area contributed by atoms with Crippen molar-refractivity contribution in [3.05, 3.63) is 48.2 Å². The topological polar surface area (TPSA) is 36.4 Å². The van der Waals surface area contributed by atoms with Gasteiger partial charge in [0.1, 0.15) is 5.82 Å². The van der Waals surface area contributed by atoms with Crippen LogP contribution in [0.2, 0.25) is 0 Å². The molecule has 0 radical (unpaired) electrons. The summed E-state index contributed by atoms with van der Waals surface area (Å²) in [6.07, 6.45) is 4.07. The zero-order valence-electron chi connectivity index (χ0n) is 11.3. The van der Waals surface area contributed by atoms with Gasteiger partial charge < -0.3 is 9.80 Å². The van der Waals surface area contributed by atoms with Gasteiger partial charge in [-0.1, -0.05) is 12.1 Å². The van der Waals surface area contributed by atoms with E-state index in [-0.39, 0.29) is 5.91 Å². The zero-order valence-corrected chi connectivity index (χ0v) is 11.3. The number of rotatable bonds is 1. The molecule has 0 atom stereocenters. The molecule has 4 nitrogen and oxygen atoms in total. The number of amides is 1. The molecule has 0 unspecified atom stereocenters. The average Bonchev–Trinajstić information content (AvgIpc) is 3.32.